The largest absolute Gasteiger partial charge is 0.465 e. The Morgan fingerprint density at radius 3 is 2.63 bits per heavy atom. The molecule has 0 saturated carbocycles. The number of carbonyl (C=O) groups excluding carboxylic acids is 2. The number of nitrogens with one attached hydrogen (secondary N) is 1. The first-order chi connectivity index (χ1) is 14.2. The summed E-state index contributed by atoms with van der Waals surface area (Å²) in [5.74, 6) is -0.107. The number of hydrogen-bond donors (Lipinski definition) is 1. The van der Waals surface area contributed by atoms with Crippen molar-refractivity contribution in [1.29, 1.82) is 0 Å². The highest BCUT2D eigenvalue weighted by molar-refractivity contribution is 7.17. The van der Waals surface area contributed by atoms with Crippen LogP contribution in [0.3, 0.4) is 0 Å². The second kappa shape index (κ2) is 9.36. The molecule has 3 rings (SSSR count). The van der Waals surface area contributed by atoms with Crippen molar-refractivity contribution in [2.45, 2.75) is 46.5 Å². The van der Waals surface area contributed by atoms with Gasteiger partial charge in [0.1, 0.15) is 5.00 Å². The Labute approximate surface area is 187 Å². The van der Waals surface area contributed by atoms with E-state index in [1.165, 1.54) is 29.4 Å². The van der Waals surface area contributed by atoms with Crippen LogP contribution in [0.4, 0.5) is 5.00 Å². The van der Waals surface area contributed by atoms with Crippen LogP contribution in [0.2, 0.25) is 5.02 Å². The predicted octanol–water partition coefficient (Wildman–Crippen LogP) is 6.38. The predicted molar refractivity (Wildman–Crippen MR) is 124 cm³/mol. The van der Waals surface area contributed by atoms with E-state index in [2.05, 4.69) is 26.1 Å². The molecule has 0 radical (unpaired) electrons. The molecule has 4 nitrogen and oxygen atoms in total. The zero-order chi connectivity index (χ0) is 21.9. The Bertz CT molecular complexity index is 960. The van der Waals surface area contributed by atoms with Crippen molar-refractivity contribution in [3.8, 4) is 0 Å². The molecular formula is C24H28ClNO3S. The number of methoxy groups -OCH3 is 1. The van der Waals surface area contributed by atoms with Gasteiger partial charge in [-0.1, -0.05) is 50.9 Å². The molecule has 1 amide bonds. The highest BCUT2D eigenvalue weighted by Crippen LogP contribution is 2.45. The van der Waals surface area contributed by atoms with Crippen LogP contribution >= 0.6 is 22.9 Å². The molecule has 160 valence electrons. The summed E-state index contributed by atoms with van der Waals surface area (Å²) >= 11 is 7.40. The number of thiophene rings is 1. The van der Waals surface area contributed by atoms with Gasteiger partial charge < -0.3 is 10.1 Å². The number of amides is 1. The molecule has 1 aliphatic carbocycles. The van der Waals surface area contributed by atoms with E-state index in [4.69, 9.17) is 16.3 Å². The van der Waals surface area contributed by atoms with Gasteiger partial charge in [0.05, 0.1) is 12.7 Å². The molecule has 0 spiro atoms. The summed E-state index contributed by atoms with van der Waals surface area (Å²) in [7, 11) is 1.38. The van der Waals surface area contributed by atoms with E-state index in [0.717, 1.165) is 36.8 Å². The van der Waals surface area contributed by atoms with E-state index < -0.39 is 5.97 Å². The summed E-state index contributed by atoms with van der Waals surface area (Å²) < 4.78 is 5.02. The number of anilines is 1. The Balaban J connectivity index is 1.83. The maximum Gasteiger partial charge on any atom is 0.341 e. The molecule has 0 aliphatic heterocycles. The summed E-state index contributed by atoms with van der Waals surface area (Å²) in [5.41, 5.74) is 2.67. The van der Waals surface area contributed by atoms with Gasteiger partial charge in [-0.2, -0.15) is 0 Å². The van der Waals surface area contributed by atoms with E-state index >= 15 is 0 Å². The van der Waals surface area contributed by atoms with Gasteiger partial charge in [0.15, 0.2) is 0 Å². The van der Waals surface area contributed by atoms with E-state index in [9.17, 15) is 9.59 Å². The van der Waals surface area contributed by atoms with Crippen LogP contribution in [0.15, 0.2) is 30.3 Å². The molecule has 1 aromatic heterocycles. The molecule has 0 saturated heterocycles. The number of esters is 1. The SMILES string of the molecule is CCC(C)(C)[C@H]1CCc2c(sc(NC(=O)/C=C\c3ccc(Cl)cc3)c2C(=O)OC)C1. The summed E-state index contributed by atoms with van der Waals surface area (Å²) in [5, 5.41) is 4.12. The third-order valence-electron chi connectivity index (χ3n) is 6.21. The number of rotatable bonds is 6. The second-order valence-corrected chi connectivity index (χ2v) is 9.90. The minimum Gasteiger partial charge on any atom is -0.465 e. The lowest BCUT2D eigenvalue weighted by molar-refractivity contribution is -0.111. The number of ether oxygens (including phenoxy) is 1. The van der Waals surface area contributed by atoms with Crippen LogP contribution in [0.1, 0.15) is 60.0 Å². The highest BCUT2D eigenvalue weighted by Gasteiger charge is 2.35. The lowest BCUT2D eigenvalue weighted by Gasteiger charge is -2.36. The number of fused-ring (bicyclic) bond motifs is 1. The zero-order valence-corrected chi connectivity index (χ0v) is 19.5. The molecule has 30 heavy (non-hydrogen) atoms. The van der Waals surface area contributed by atoms with E-state index in [-0.39, 0.29) is 11.3 Å². The van der Waals surface area contributed by atoms with Crippen LogP contribution in [-0.2, 0) is 22.4 Å². The maximum atomic E-state index is 12.5. The van der Waals surface area contributed by atoms with Gasteiger partial charge in [-0.05, 0) is 59.9 Å². The van der Waals surface area contributed by atoms with Gasteiger partial charge in [-0.25, -0.2) is 4.79 Å². The third kappa shape index (κ3) is 4.96. The monoisotopic (exact) mass is 445 g/mol. The summed E-state index contributed by atoms with van der Waals surface area (Å²) in [4.78, 5) is 26.2. The van der Waals surface area contributed by atoms with Gasteiger partial charge in [-0.15, -0.1) is 11.3 Å². The maximum absolute atomic E-state index is 12.5. The van der Waals surface area contributed by atoms with Gasteiger partial charge in [-0.3, -0.25) is 4.79 Å². The fraction of sp³-hybridized carbons (Fsp3) is 0.417. The molecular weight excluding hydrogens is 418 g/mol. The summed E-state index contributed by atoms with van der Waals surface area (Å²) in [6.07, 6.45) is 7.10. The van der Waals surface area contributed by atoms with E-state index in [1.54, 1.807) is 18.2 Å². The number of hydrogen-bond acceptors (Lipinski definition) is 4. The molecule has 1 N–H and O–H groups in total. The fourth-order valence-electron chi connectivity index (χ4n) is 3.85. The highest BCUT2D eigenvalue weighted by atomic mass is 35.5. The number of benzene rings is 1. The summed E-state index contributed by atoms with van der Waals surface area (Å²) in [6.45, 7) is 6.84. The molecule has 2 aromatic rings. The first-order valence-electron chi connectivity index (χ1n) is 10.2. The molecule has 0 unspecified atom stereocenters. The fourth-order valence-corrected chi connectivity index (χ4v) is 5.29. The Morgan fingerprint density at radius 1 is 1.30 bits per heavy atom. The Morgan fingerprint density at radius 2 is 2.00 bits per heavy atom. The first kappa shape index (κ1) is 22.6. The normalized spacial score (nSPS) is 16.4. The third-order valence-corrected chi connectivity index (χ3v) is 7.63. The van der Waals surface area contributed by atoms with E-state index in [1.807, 2.05) is 12.1 Å². The van der Waals surface area contributed by atoms with Crippen molar-refractivity contribution in [2.75, 3.05) is 12.4 Å². The summed E-state index contributed by atoms with van der Waals surface area (Å²) in [6, 6.07) is 7.23. The van der Waals surface area contributed by atoms with Crippen molar-refractivity contribution in [1.82, 2.24) is 0 Å². The smallest absolute Gasteiger partial charge is 0.341 e. The first-order valence-corrected chi connectivity index (χ1v) is 11.4. The van der Waals surface area contributed by atoms with Crippen molar-refractivity contribution >= 4 is 45.9 Å². The van der Waals surface area contributed by atoms with Crippen molar-refractivity contribution in [3.63, 3.8) is 0 Å². The van der Waals surface area contributed by atoms with Crippen LogP contribution in [0.25, 0.3) is 6.08 Å². The van der Waals surface area contributed by atoms with Crippen LogP contribution < -0.4 is 5.32 Å². The second-order valence-electron chi connectivity index (χ2n) is 8.36. The molecule has 6 heteroatoms. The van der Waals surface area contributed by atoms with E-state index in [0.29, 0.717) is 21.5 Å². The quantitative estimate of drug-likeness (QED) is 0.414. The van der Waals surface area contributed by atoms with Gasteiger partial charge >= 0.3 is 5.97 Å². The van der Waals surface area contributed by atoms with Crippen molar-refractivity contribution < 1.29 is 14.3 Å². The molecule has 1 atom stereocenters. The van der Waals surface area contributed by atoms with Crippen molar-refractivity contribution in [2.24, 2.45) is 11.3 Å². The molecule has 1 aliphatic rings. The van der Waals surface area contributed by atoms with Crippen LogP contribution in [0.5, 0.6) is 0 Å². The van der Waals surface area contributed by atoms with Gasteiger partial charge in [0, 0.05) is 16.0 Å². The number of halogens is 1. The number of carbonyl (C=O) groups is 2. The zero-order valence-electron chi connectivity index (χ0n) is 17.9. The minimum atomic E-state index is -0.391. The standard InChI is InChI=1S/C24H28ClNO3S/c1-5-24(2,3)16-9-12-18-19(14-16)30-22(21(18)23(28)29-4)26-20(27)13-8-15-6-10-17(25)11-7-15/h6-8,10-11,13,16H,5,9,12,14H2,1-4H3,(H,26,27)/b13-8-/t16-/m0/s1. The molecule has 1 aromatic carbocycles. The lowest BCUT2D eigenvalue weighted by Crippen LogP contribution is -2.28. The van der Waals surface area contributed by atoms with Gasteiger partial charge in [0.2, 0.25) is 5.91 Å². The Kier molecular flexibility index (Phi) is 7.04. The van der Waals surface area contributed by atoms with Crippen LogP contribution in [0, 0.1) is 11.3 Å². The average molecular weight is 446 g/mol. The molecule has 0 fully saturated rings. The lowest BCUT2D eigenvalue weighted by atomic mass is 9.69. The molecule has 1 heterocycles. The topological polar surface area (TPSA) is 55.4 Å². The molecule has 0 bridgehead atoms. The average Bonchev–Trinajstić information content (AvgIpc) is 3.09. The van der Waals surface area contributed by atoms with Crippen molar-refractivity contribution in [3.05, 3.63) is 56.9 Å². The van der Waals surface area contributed by atoms with Gasteiger partial charge in [0.25, 0.3) is 0 Å². The Hall–Kier alpha value is -2.11. The van der Waals surface area contributed by atoms with Crippen LogP contribution in [-0.4, -0.2) is 19.0 Å². The minimum absolute atomic E-state index is 0.248.